The van der Waals surface area contributed by atoms with E-state index in [1.54, 1.807) is 12.1 Å². The van der Waals surface area contributed by atoms with Gasteiger partial charge in [0.2, 0.25) is 0 Å². The van der Waals surface area contributed by atoms with Crippen molar-refractivity contribution < 1.29 is 10.2 Å². The number of aryl methyl sites for hydroxylation is 1. The van der Waals surface area contributed by atoms with E-state index in [9.17, 15) is 10.2 Å². The van der Waals surface area contributed by atoms with E-state index in [2.05, 4.69) is 10.3 Å². The molecular weight excluding hydrogens is 287 g/mol. The minimum Gasteiger partial charge on any atom is -0.504 e. The second-order valence-electron chi connectivity index (χ2n) is 4.10. The number of aromatic hydroxyl groups is 2. The number of nitrogens with one attached hydrogen (secondary N) is 1. The first-order valence-electron chi connectivity index (χ1n) is 5.54. The fourth-order valence-electron chi connectivity index (χ4n) is 1.68. The van der Waals surface area contributed by atoms with Crippen LogP contribution in [0.15, 0.2) is 24.3 Å². The molecule has 0 spiro atoms. The van der Waals surface area contributed by atoms with Crippen LogP contribution in [-0.4, -0.2) is 15.2 Å². The zero-order valence-electron chi connectivity index (χ0n) is 10.1. The van der Waals surface area contributed by atoms with Crippen molar-refractivity contribution in [2.75, 3.05) is 5.32 Å². The monoisotopic (exact) mass is 298 g/mol. The maximum absolute atomic E-state index is 9.41. The minimum atomic E-state index is -0.156. The van der Waals surface area contributed by atoms with Gasteiger partial charge in [0.25, 0.3) is 0 Å². The van der Waals surface area contributed by atoms with Crippen LogP contribution in [0.2, 0.25) is 10.3 Å². The molecule has 0 saturated heterocycles. The molecule has 100 valence electrons. The molecule has 0 unspecified atom stereocenters. The van der Waals surface area contributed by atoms with Crippen LogP contribution in [0.5, 0.6) is 11.5 Å². The smallest absolute Gasteiger partial charge is 0.157 e. The SMILES string of the molecule is Cc1cc(Cl)nc(Cl)c1NCc1ccc(O)c(O)c1. The van der Waals surface area contributed by atoms with Gasteiger partial charge in [0.15, 0.2) is 16.7 Å². The summed E-state index contributed by atoms with van der Waals surface area (Å²) in [4.78, 5) is 3.96. The maximum atomic E-state index is 9.41. The quantitative estimate of drug-likeness (QED) is 0.597. The van der Waals surface area contributed by atoms with E-state index in [1.165, 1.54) is 12.1 Å². The third-order valence-electron chi connectivity index (χ3n) is 2.65. The standard InChI is InChI=1S/C13H12Cl2N2O2/c1-7-4-11(14)17-13(15)12(7)16-6-8-2-3-9(18)10(19)5-8/h2-5,16,18-19H,6H2,1H3. The van der Waals surface area contributed by atoms with Crippen molar-refractivity contribution in [2.45, 2.75) is 13.5 Å². The molecule has 4 nitrogen and oxygen atoms in total. The number of hydrogen-bond acceptors (Lipinski definition) is 4. The Labute approximate surface area is 120 Å². The van der Waals surface area contributed by atoms with Gasteiger partial charge < -0.3 is 15.5 Å². The number of nitrogens with zero attached hydrogens (tertiary/aromatic N) is 1. The van der Waals surface area contributed by atoms with Gasteiger partial charge >= 0.3 is 0 Å². The molecule has 0 aliphatic heterocycles. The molecule has 0 atom stereocenters. The van der Waals surface area contributed by atoms with Crippen molar-refractivity contribution in [1.82, 2.24) is 4.98 Å². The molecule has 3 N–H and O–H groups in total. The number of hydrogen-bond donors (Lipinski definition) is 3. The highest BCUT2D eigenvalue weighted by atomic mass is 35.5. The molecule has 0 aliphatic carbocycles. The summed E-state index contributed by atoms with van der Waals surface area (Å²) in [6.45, 7) is 2.31. The molecule has 1 aromatic carbocycles. The van der Waals surface area contributed by atoms with E-state index in [0.29, 0.717) is 22.5 Å². The number of rotatable bonds is 3. The lowest BCUT2D eigenvalue weighted by Crippen LogP contribution is -2.02. The number of halogens is 2. The van der Waals surface area contributed by atoms with Gasteiger partial charge in [-0.1, -0.05) is 29.3 Å². The van der Waals surface area contributed by atoms with Gasteiger partial charge in [-0.05, 0) is 36.2 Å². The topological polar surface area (TPSA) is 65.4 Å². The van der Waals surface area contributed by atoms with Gasteiger partial charge in [0.05, 0.1) is 5.69 Å². The Kier molecular flexibility index (Phi) is 4.02. The number of benzene rings is 1. The molecule has 1 aromatic heterocycles. The van der Waals surface area contributed by atoms with Crippen LogP contribution in [-0.2, 0) is 6.54 Å². The largest absolute Gasteiger partial charge is 0.504 e. The molecule has 19 heavy (non-hydrogen) atoms. The molecule has 0 amide bonds. The van der Waals surface area contributed by atoms with Gasteiger partial charge in [-0.15, -0.1) is 0 Å². The van der Waals surface area contributed by atoms with Crippen LogP contribution >= 0.6 is 23.2 Å². The Hall–Kier alpha value is -1.65. The van der Waals surface area contributed by atoms with Crippen LogP contribution in [0.4, 0.5) is 5.69 Å². The Morgan fingerprint density at radius 3 is 2.53 bits per heavy atom. The van der Waals surface area contributed by atoms with Crippen molar-refractivity contribution in [2.24, 2.45) is 0 Å². The zero-order valence-corrected chi connectivity index (χ0v) is 11.6. The highest BCUT2D eigenvalue weighted by Crippen LogP contribution is 2.28. The van der Waals surface area contributed by atoms with Crippen LogP contribution in [0, 0.1) is 6.92 Å². The van der Waals surface area contributed by atoms with Gasteiger partial charge in [0.1, 0.15) is 5.15 Å². The molecule has 0 fully saturated rings. The summed E-state index contributed by atoms with van der Waals surface area (Å²) in [5.41, 5.74) is 2.38. The van der Waals surface area contributed by atoms with E-state index in [-0.39, 0.29) is 11.5 Å². The third-order valence-corrected chi connectivity index (χ3v) is 3.12. The fourth-order valence-corrected chi connectivity index (χ4v) is 2.28. The van der Waals surface area contributed by atoms with Crippen LogP contribution in [0.25, 0.3) is 0 Å². The Bertz CT molecular complexity index is 595. The normalized spacial score (nSPS) is 10.5. The second kappa shape index (κ2) is 5.55. The number of pyridine rings is 1. The average molecular weight is 299 g/mol. The van der Waals surface area contributed by atoms with E-state index in [4.69, 9.17) is 23.2 Å². The van der Waals surface area contributed by atoms with Gasteiger partial charge in [0, 0.05) is 6.54 Å². The zero-order chi connectivity index (χ0) is 14.0. The first kappa shape index (κ1) is 13.8. The predicted octanol–water partition coefficient (Wildman–Crippen LogP) is 3.72. The highest BCUT2D eigenvalue weighted by Gasteiger charge is 2.08. The van der Waals surface area contributed by atoms with Crippen molar-refractivity contribution in [1.29, 1.82) is 0 Å². The fraction of sp³-hybridized carbons (Fsp3) is 0.154. The molecule has 0 saturated carbocycles. The predicted molar refractivity (Wildman–Crippen MR) is 76.1 cm³/mol. The number of phenols is 2. The van der Waals surface area contributed by atoms with Crippen molar-refractivity contribution >= 4 is 28.9 Å². The number of aromatic nitrogens is 1. The molecule has 0 bridgehead atoms. The van der Waals surface area contributed by atoms with Crippen LogP contribution < -0.4 is 5.32 Å². The van der Waals surface area contributed by atoms with E-state index in [0.717, 1.165) is 11.1 Å². The Morgan fingerprint density at radius 1 is 1.16 bits per heavy atom. The van der Waals surface area contributed by atoms with Crippen molar-refractivity contribution in [3.63, 3.8) is 0 Å². The third kappa shape index (κ3) is 3.22. The molecule has 6 heteroatoms. The van der Waals surface area contributed by atoms with E-state index in [1.807, 2.05) is 6.92 Å². The van der Waals surface area contributed by atoms with Crippen LogP contribution in [0.3, 0.4) is 0 Å². The maximum Gasteiger partial charge on any atom is 0.157 e. The summed E-state index contributed by atoms with van der Waals surface area (Å²) in [6, 6.07) is 6.33. The van der Waals surface area contributed by atoms with E-state index >= 15 is 0 Å². The lowest BCUT2D eigenvalue weighted by atomic mass is 10.2. The summed E-state index contributed by atoms with van der Waals surface area (Å²) >= 11 is 11.8. The summed E-state index contributed by atoms with van der Waals surface area (Å²) in [5.74, 6) is -0.303. The number of phenolic OH excluding ortho intramolecular Hbond substituents is 2. The first-order chi connectivity index (χ1) is 8.97. The molecule has 2 rings (SSSR count). The number of anilines is 1. The molecule has 2 aromatic rings. The molecule has 0 radical (unpaired) electrons. The first-order valence-corrected chi connectivity index (χ1v) is 6.30. The molecular formula is C13H12Cl2N2O2. The summed E-state index contributed by atoms with van der Waals surface area (Å²) in [7, 11) is 0. The second-order valence-corrected chi connectivity index (χ2v) is 4.85. The van der Waals surface area contributed by atoms with Crippen molar-refractivity contribution in [3.8, 4) is 11.5 Å². The minimum absolute atomic E-state index is 0.147. The summed E-state index contributed by atoms with van der Waals surface area (Å²) in [5, 5.41) is 22.4. The lowest BCUT2D eigenvalue weighted by molar-refractivity contribution is 0.403. The van der Waals surface area contributed by atoms with Gasteiger partial charge in [-0.25, -0.2) is 4.98 Å². The van der Waals surface area contributed by atoms with Crippen molar-refractivity contribution in [3.05, 3.63) is 45.7 Å². The van der Waals surface area contributed by atoms with Crippen LogP contribution in [0.1, 0.15) is 11.1 Å². The molecule has 0 aliphatic rings. The molecule has 1 heterocycles. The Morgan fingerprint density at radius 2 is 1.89 bits per heavy atom. The lowest BCUT2D eigenvalue weighted by Gasteiger charge is -2.11. The van der Waals surface area contributed by atoms with Gasteiger partial charge in [-0.2, -0.15) is 0 Å². The average Bonchev–Trinajstić information content (AvgIpc) is 2.32. The van der Waals surface area contributed by atoms with Gasteiger partial charge in [-0.3, -0.25) is 0 Å². The van der Waals surface area contributed by atoms with E-state index < -0.39 is 0 Å². The summed E-state index contributed by atoms with van der Waals surface area (Å²) in [6.07, 6.45) is 0. The summed E-state index contributed by atoms with van der Waals surface area (Å²) < 4.78 is 0. The Balaban J connectivity index is 2.16. The highest BCUT2D eigenvalue weighted by molar-refractivity contribution is 6.34.